The Bertz CT molecular complexity index is 604. The predicted molar refractivity (Wildman–Crippen MR) is 74.1 cm³/mol. The molecule has 0 fully saturated rings. The number of ether oxygens (including phenoxy) is 1. The summed E-state index contributed by atoms with van der Waals surface area (Å²) in [5.41, 5.74) is 6.65. The van der Waals surface area contributed by atoms with Gasteiger partial charge < -0.3 is 10.5 Å². The normalized spacial score (nSPS) is 14.0. The van der Waals surface area contributed by atoms with Crippen LogP contribution in [0.4, 0.5) is 13.2 Å². The van der Waals surface area contributed by atoms with Crippen molar-refractivity contribution in [2.45, 2.75) is 19.1 Å². The average Bonchev–Trinajstić information content (AvgIpc) is 2.51. The van der Waals surface area contributed by atoms with Gasteiger partial charge in [0.1, 0.15) is 6.10 Å². The van der Waals surface area contributed by atoms with Crippen LogP contribution in [0.5, 0.6) is 0 Å². The van der Waals surface area contributed by atoms with Crippen molar-refractivity contribution < 1.29 is 17.9 Å². The van der Waals surface area contributed by atoms with Gasteiger partial charge >= 0.3 is 0 Å². The van der Waals surface area contributed by atoms with Crippen molar-refractivity contribution in [3.8, 4) is 0 Å². The second kappa shape index (κ2) is 6.74. The molecule has 0 spiro atoms. The molecule has 21 heavy (non-hydrogen) atoms. The standard InChI is InChI=1S/C16H16F3NO/c1-2-21-16(10-6-4-3-5-7-10)15(20)11-8-9-12(17)14(19)13(11)18/h3-9,15-16H,2,20H2,1H3. The van der Waals surface area contributed by atoms with E-state index in [4.69, 9.17) is 10.5 Å². The molecule has 112 valence electrons. The molecule has 0 radical (unpaired) electrons. The first kappa shape index (κ1) is 15.5. The Balaban J connectivity index is 2.40. The van der Waals surface area contributed by atoms with Crippen LogP contribution in [0.25, 0.3) is 0 Å². The lowest BCUT2D eigenvalue weighted by Crippen LogP contribution is -2.24. The Hall–Kier alpha value is -1.85. The lowest BCUT2D eigenvalue weighted by Gasteiger charge is -2.25. The van der Waals surface area contributed by atoms with Crippen molar-refractivity contribution in [1.82, 2.24) is 0 Å². The lowest BCUT2D eigenvalue weighted by atomic mass is 9.95. The third kappa shape index (κ3) is 3.25. The van der Waals surface area contributed by atoms with E-state index in [1.165, 1.54) is 0 Å². The third-order valence-electron chi connectivity index (χ3n) is 3.22. The van der Waals surface area contributed by atoms with E-state index < -0.39 is 29.6 Å². The molecule has 0 saturated carbocycles. The Labute approximate surface area is 121 Å². The van der Waals surface area contributed by atoms with Gasteiger partial charge in [-0.3, -0.25) is 0 Å². The molecule has 0 aliphatic heterocycles. The van der Waals surface area contributed by atoms with Crippen molar-refractivity contribution in [2.75, 3.05) is 6.61 Å². The smallest absolute Gasteiger partial charge is 0.194 e. The molecule has 0 bridgehead atoms. The van der Waals surface area contributed by atoms with Gasteiger partial charge in [0.15, 0.2) is 17.5 Å². The van der Waals surface area contributed by atoms with E-state index >= 15 is 0 Å². The van der Waals surface area contributed by atoms with Crippen LogP contribution < -0.4 is 5.73 Å². The zero-order chi connectivity index (χ0) is 15.4. The number of nitrogens with two attached hydrogens (primary N) is 1. The second-order valence-corrected chi connectivity index (χ2v) is 4.58. The van der Waals surface area contributed by atoms with Crippen molar-refractivity contribution in [3.05, 3.63) is 71.0 Å². The second-order valence-electron chi connectivity index (χ2n) is 4.58. The first-order valence-electron chi connectivity index (χ1n) is 6.61. The van der Waals surface area contributed by atoms with Crippen LogP contribution in [-0.2, 0) is 4.74 Å². The third-order valence-corrected chi connectivity index (χ3v) is 3.22. The highest BCUT2D eigenvalue weighted by Gasteiger charge is 2.26. The minimum atomic E-state index is -1.52. The summed E-state index contributed by atoms with van der Waals surface area (Å²) in [4.78, 5) is 0. The minimum absolute atomic E-state index is 0.115. The maximum absolute atomic E-state index is 13.9. The Morgan fingerprint density at radius 1 is 1.00 bits per heavy atom. The summed E-state index contributed by atoms with van der Waals surface area (Å²) in [5, 5.41) is 0. The Morgan fingerprint density at radius 3 is 2.29 bits per heavy atom. The van der Waals surface area contributed by atoms with Crippen LogP contribution in [-0.4, -0.2) is 6.61 Å². The molecule has 2 N–H and O–H groups in total. The quantitative estimate of drug-likeness (QED) is 0.850. The van der Waals surface area contributed by atoms with Gasteiger partial charge in [-0.15, -0.1) is 0 Å². The molecule has 2 aromatic rings. The lowest BCUT2D eigenvalue weighted by molar-refractivity contribution is 0.0419. The van der Waals surface area contributed by atoms with Crippen LogP contribution in [0.15, 0.2) is 42.5 Å². The van der Waals surface area contributed by atoms with E-state index in [1.807, 2.05) is 6.07 Å². The van der Waals surface area contributed by atoms with Gasteiger partial charge in [-0.2, -0.15) is 0 Å². The zero-order valence-corrected chi connectivity index (χ0v) is 11.5. The SMILES string of the molecule is CCOC(c1ccccc1)C(N)c1ccc(F)c(F)c1F. The molecule has 0 saturated heterocycles. The van der Waals surface area contributed by atoms with E-state index in [0.717, 1.165) is 17.7 Å². The van der Waals surface area contributed by atoms with Crippen LogP contribution >= 0.6 is 0 Å². The fourth-order valence-electron chi connectivity index (χ4n) is 2.19. The van der Waals surface area contributed by atoms with Crippen molar-refractivity contribution in [1.29, 1.82) is 0 Å². The summed E-state index contributed by atoms with van der Waals surface area (Å²) in [6.45, 7) is 2.14. The fourth-order valence-corrected chi connectivity index (χ4v) is 2.19. The molecule has 2 nitrogen and oxygen atoms in total. The predicted octanol–water partition coefficient (Wildman–Crippen LogP) is 3.88. The molecule has 2 unspecified atom stereocenters. The van der Waals surface area contributed by atoms with Gasteiger partial charge in [0, 0.05) is 12.2 Å². The van der Waals surface area contributed by atoms with E-state index in [2.05, 4.69) is 0 Å². The summed E-state index contributed by atoms with van der Waals surface area (Å²) in [6, 6.07) is 10.1. The Kier molecular flexibility index (Phi) is 4.98. The maximum atomic E-state index is 13.9. The van der Waals surface area contributed by atoms with Gasteiger partial charge in [-0.25, -0.2) is 13.2 Å². The van der Waals surface area contributed by atoms with Crippen LogP contribution in [0, 0.1) is 17.5 Å². The maximum Gasteiger partial charge on any atom is 0.194 e. The largest absolute Gasteiger partial charge is 0.372 e. The highest BCUT2D eigenvalue weighted by Crippen LogP contribution is 2.32. The molecule has 5 heteroatoms. The number of rotatable bonds is 5. The first-order chi connectivity index (χ1) is 10.1. The van der Waals surface area contributed by atoms with Crippen molar-refractivity contribution in [3.63, 3.8) is 0 Å². The van der Waals surface area contributed by atoms with Crippen LogP contribution in [0.3, 0.4) is 0 Å². The molecule has 0 amide bonds. The zero-order valence-electron chi connectivity index (χ0n) is 11.5. The molecule has 2 aromatic carbocycles. The first-order valence-corrected chi connectivity index (χ1v) is 6.61. The number of halogens is 3. The van der Waals surface area contributed by atoms with E-state index in [-0.39, 0.29) is 5.56 Å². The van der Waals surface area contributed by atoms with Crippen molar-refractivity contribution in [2.24, 2.45) is 5.73 Å². The summed E-state index contributed by atoms with van der Waals surface area (Å²) in [7, 11) is 0. The summed E-state index contributed by atoms with van der Waals surface area (Å²) in [6.07, 6.45) is -0.643. The molecule has 0 aliphatic rings. The molecule has 2 atom stereocenters. The van der Waals surface area contributed by atoms with Crippen LogP contribution in [0.1, 0.15) is 30.2 Å². The molecule has 0 aromatic heterocycles. The molecule has 0 aliphatic carbocycles. The Morgan fingerprint density at radius 2 is 1.67 bits per heavy atom. The summed E-state index contributed by atoms with van der Waals surface area (Å²) in [5.74, 6) is -4.04. The van der Waals surface area contributed by atoms with E-state index in [9.17, 15) is 13.2 Å². The highest BCUT2D eigenvalue weighted by atomic mass is 19.2. The minimum Gasteiger partial charge on any atom is -0.372 e. The topological polar surface area (TPSA) is 35.2 Å². The molecule has 0 heterocycles. The van der Waals surface area contributed by atoms with Gasteiger partial charge in [0.2, 0.25) is 0 Å². The monoisotopic (exact) mass is 295 g/mol. The van der Waals surface area contributed by atoms with E-state index in [0.29, 0.717) is 6.61 Å². The highest BCUT2D eigenvalue weighted by molar-refractivity contribution is 5.28. The van der Waals surface area contributed by atoms with Gasteiger partial charge in [-0.1, -0.05) is 36.4 Å². The molecular formula is C16H16F3NO. The fraction of sp³-hybridized carbons (Fsp3) is 0.250. The molecule has 2 rings (SSSR count). The van der Waals surface area contributed by atoms with Crippen LogP contribution in [0.2, 0.25) is 0 Å². The van der Waals surface area contributed by atoms with E-state index in [1.54, 1.807) is 31.2 Å². The molecular weight excluding hydrogens is 279 g/mol. The van der Waals surface area contributed by atoms with Crippen molar-refractivity contribution >= 4 is 0 Å². The van der Waals surface area contributed by atoms with Gasteiger partial charge in [0.05, 0.1) is 6.04 Å². The average molecular weight is 295 g/mol. The number of hydrogen-bond donors (Lipinski definition) is 1. The number of hydrogen-bond acceptors (Lipinski definition) is 2. The summed E-state index contributed by atoms with van der Waals surface area (Å²) < 4.78 is 45.8. The number of benzene rings is 2. The summed E-state index contributed by atoms with van der Waals surface area (Å²) >= 11 is 0. The van der Waals surface area contributed by atoms with Gasteiger partial charge in [0.25, 0.3) is 0 Å². The van der Waals surface area contributed by atoms with Gasteiger partial charge in [-0.05, 0) is 18.6 Å².